The molecule has 2 aliphatic heterocycles. The van der Waals surface area contributed by atoms with Gasteiger partial charge < -0.3 is 4.84 Å². The number of aliphatic imine (C=N–C) groups is 1. The number of hydrogen-bond donors (Lipinski definition) is 0. The zero-order valence-electron chi connectivity index (χ0n) is 9.69. The first-order valence-electron chi connectivity index (χ1n) is 5.81. The lowest BCUT2D eigenvalue weighted by molar-refractivity contribution is 0.125. The zero-order valence-corrected chi connectivity index (χ0v) is 10.4. The Labute approximate surface area is 106 Å². The van der Waals surface area contributed by atoms with Gasteiger partial charge in [0.15, 0.2) is 0 Å². The predicted molar refractivity (Wildman–Crippen MR) is 66.9 cm³/mol. The van der Waals surface area contributed by atoms with Gasteiger partial charge in [-0.3, -0.25) is 0 Å². The molecular weight excluding hydrogens is 238 g/mol. The van der Waals surface area contributed by atoms with Crippen molar-refractivity contribution in [2.45, 2.75) is 38.7 Å². The van der Waals surface area contributed by atoms with Crippen LogP contribution in [0, 0.1) is 17.2 Å². The number of rotatable bonds is 4. The van der Waals surface area contributed by atoms with Crippen molar-refractivity contribution in [1.29, 1.82) is 5.26 Å². The summed E-state index contributed by atoms with van der Waals surface area (Å²) in [6.07, 6.45) is 5.26. The Bertz CT molecular complexity index is 434. The molecule has 0 amide bonds. The normalized spacial score (nSPS) is 27.0. The first kappa shape index (κ1) is 12.1. The minimum Gasteiger partial charge on any atom is -0.377 e. The van der Waals surface area contributed by atoms with E-state index in [0.717, 1.165) is 30.7 Å². The molecule has 17 heavy (non-hydrogen) atoms. The third kappa shape index (κ3) is 2.67. The minimum absolute atomic E-state index is 0.0816. The van der Waals surface area contributed by atoms with Crippen molar-refractivity contribution in [2.75, 3.05) is 0 Å². The van der Waals surface area contributed by atoms with E-state index in [4.69, 9.17) is 21.7 Å². The monoisotopic (exact) mass is 251 g/mol. The van der Waals surface area contributed by atoms with E-state index >= 15 is 0 Å². The first-order chi connectivity index (χ1) is 8.24. The topological polar surface area (TPSA) is 57.7 Å². The second-order valence-corrected chi connectivity index (χ2v) is 4.57. The van der Waals surface area contributed by atoms with Crippen molar-refractivity contribution in [1.82, 2.24) is 0 Å². The van der Waals surface area contributed by atoms with Crippen molar-refractivity contribution in [3.63, 3.8) is 0 Å². The SMILES string of the molecule is CCCCC1=CC(C2=NOC(C#N)C2)C(Cl)=N1. The summed E-state index contributed by atoms with van der Waals surface area (Å²) >= 11 is 6.10. The predicted octanol–water partition coefficient (Wildman–Crippen LogP) is 3.00. The Kier molecular flexibility index (Phi) is 3.80. The van der Waals surface area contributed by atoms with Crippen LogP contribution in [-0.2, 0) is 4.84 Å². The summed E-state index contributed by atoms with van der Waals surface area (Å²) in [5.41, 5.74) is 1.82. The van der Waals surface area contributed by atoms with Gasteiger partial charge in [-0.15, -0.1) is 0 Å². The Balaban J connectivity index is 2.02. The van der Waals surface area contributed by atoms with Gasteiger partial charge in [0, 0.05) is 12.1 Å². The van der Waals surface area contributed by atoms with Crippen LogP contribution in [0.4, 0.5) is 0 Å². The molecule has 0 radical (unpaired) electrons. The van der Waals surface area contributed by atoms with Crippen LogP contribution < -0.4 is 0 Å². The van der Waals surface area contributed by atoms with E-state index in [2.05, 4.69) is 17.1 Å². The van der Waals surface area contributed by atoms with Crippen LogP contribution in [0.1, 0.15) is 32.6 Å². The van der Waals surface area contributed by atoms with Gasteiger partial charge in [0.1, 0.15) is 11.2 Å². The van der Waals surface area contributed by atoms with E-state index in [1.807, 2.05) is 12.1 Å². The number of oxime groups is 1. The third-order valence-electron chi connectivity index (χ3n) is 2.85. The maximum Gasteiger partial charge on any atom is 0.217 e. The van der Waals surface area contributed by atoms with Gasteiger partial charge in [0.05, 0.1) is 11.6 Å². The summed E-state index contributed by atoms with van der Waals surface area (Å²) in [4.78, 5) is 9.30. The summed E-state index contributed by atoms with van der Waals surface area (Å²) in [7, 11) is 0. The highest BCUT2D eigenvalue weighted by Gasteiger charge is 2.31. The largest absolute Gasteiger partial charge is 0.377 e. The van der Waals surface area contributed by atoms with E-state index in [0.29, 0.717) is 11.6 Å². The number of nitriles is 1. The molecule has 0 fully saturated rings. The fraction of sp³-hybridized carbons (Fsp3) is 0.583. The van der Waals surface area contributed by atoms with E-state index in [1.165, 1.54) is 0 Å². The Morgan fingerprint density at radius 1 is 1.65 bits per heavy atom. The zero-order chi connectivity index (χ0) is 12.3. The minimum atomic E-state index is -0.470. The molecule has 2 unspecified atom stereocenters. The number of halogens is 1. The summed E-state index contributed by atoms with van der Waals surface area (Å²) in [5, 5.41) is 13.2. The first-order valence-corrected chi connectivity index (χ1v) is 6.19. The molecule has 2 aliphatic rings. The lowest BCUT2D eigenvalue weighted by Crippen LogP contribution is -2.16. The van der Waals surface area contributed by atoms with Crippen LogP contribution in [0.3, 0.4) is 0 Å². The quantitative estimate of drug-likeness (QED) is 0.771. The molecule has 2 rings (SSSR count). The standard InChI is InChI=1S/C12H14ClN3O/c1-2-3-4-8-5-10(12(13)15-8)11-6-9(7-14)17-16-11/h5,9-10H,2-4,6H2,1H3. The number of allylic oxidation sites excluding steroid dienone is 2. The molecule has 0 saturated carbocycles. The highest BCUT2D eigenvalue weighted by atomic mass is 35.5. The number of hydrogen-bond acceptors (Lipinski definition) is 4. The Morgan fingerprint density at radius 3 is 3.12 bits per heavy atom. The maximum atomic E-state index is 8.73. The lowest BCUT2D eigenvalue weighted by Gasteiger charge is -2.03. The van der Waals surface area contributed by atoms with Crippen molar-refractivity contribution in [3.8, 4) is 6.07 Å². The van der Waals surface area contributed by atoms with Gasteiger partial charge in [-0.2, -0.15) is 5.26 Å². The van der Waals surface area contributed by atoms with Crippen LogP contribution >= 0.6 is 11.6 Å². The second-order valence-electron chi connectivity index (χ2n) is 4.18. The molecule has 0 bridgehead atoms. The summed E-state index contributed by atoms with van der Waals surface area (Å²) in [6.45, 7) is 2.14. The Hall–Kier alpha value is -1.34. The van der Waals surface area contributed by atoms with Crippen molar-refractivity contribution < 1.29 is 4.84 Å². The average Bonchev–Trinajstić information content (AvgIpc) is 2.92. The smallest absolute Gasteiger partial charge is 0.217 e. The highest BCUT2D eigenvalue weighted by molar-refractivity contribution is 6.68. The molecule has 0 aliphatic carbocycles. The highest BCUT2D eigenvalue weighted by Crippen LogP contribution is 2.28. The molecule has 0 aromatic rings. The van der Waals surface area contributed by atoms with Gasteiger partial charge >= 0.3 is 0 Å². The van der Waals surface area contributed by atoms with E-state index in [9.17, 15) is 0 Å². The van der Waals surface area contributed by atoms with Crippen molar-refractivity contribution >= 4 is 22.5 Å². The summed E-state index contributed by atoms with van der Waals surface area (Å²) < 4.78 is 0. The van der Waals surface area contributed by atoms with Gasteiger partial charge in [-0.05, 0) is 18.9 Å². The second kappa shape index (κ2) is 5.33. The van der Waals surface area contributed by atoms with Crippen LogP contribution in [0.15, 0.2) is 21.9 Å². The fourth-order valence-electron chi connectivity index (χ4n) is 1.88. The van der Waals surface area contributed by atoms with Crippen LogP contribution in [0.25, 0.3) is 0 Å². The molecule has 90 valence electrons. The molecule has 0 saturated heterocycles. The van der Waals surface area contributed by atoms with Crippen LogP contribution in [0.2, 0.25) is 0 Å². The van der Waals surface area contributed by atoms with Crippen LogP contribution in [-0.4, -0.2) is 17.0 Å². The number of unbranched alkanes of at least 4 members (excludes halogenated alkanes) is 1. The molecule has 2 atom stereocenters. The van der Waals surface area contributed by atoms with Crippen molar-refractivity contribution in [2.24, 2.45) is 16.1 Å². The molecule has 0 N–H and O–H groups in total. The Morgan fingerprint density at radius 2 is 2.47 bits per heavy atom. The van der Waals surface area contributed by atoms with Gasteiger partial charge in [0.25, 0.3) is 0 Å². The molecule has 0 aromatic heterocycles. The fourth-order valence-corrected chi connectivity index (χ4v) is 2.18. The lowest BCUT2D eigenvalue weighted by atomic mass is 10.00. The molecular formula is C12H14ClN3O. The van der Waals surface area contributed by atoms with Gasteiger partial charge in [-0.25, -0.2) is 4.99 Å². The van der Waals surface area contributed by atoms with Crippen LogP contribution in [0.5, 0.6) is 0 Å². The average molecular weight is 252 g/mol. The van der Waals surface area contributed by atoms with Gasteiger partial charge in [-0.1, -0.05) is 30.1 Å². The van der Waals surface area contributed by atoms with E-state index in [1.54, 1.807) is 0 Å². The molecule has 5 heteroatoms. The number of nitrogens with zero attached hydrogens (tertiary/aromatic N) is 3. The summed E-state index contributed by atoms with van der Waals surface area (Å²) in [5.74, 6) is -0.0816. The molecule has 0 aromatic carbocycles. The van der Waals surface area contributed by atoms with E-state index in [-0.39, 0.29) is 5.92 Å². The van der Waals surface area contributed by atoms with Gasteiger partial charge in [0.2, 0.25) is 6.10 Å². The van der Waals surface area contributed by atoms with Crippen molar-refractivity contribution in [3.05, 3.63) is 11.8 Å². The third-order valence-corrected chi connectivity index (χ3v) is 3.17. The molecule has 4 nitrogen and oxygen atoms in total. The molecule has 2 heterocycles. The molecule has 0 spiro atoms. The van der Waals surface area contributed by atoms with E-state index < -0.39 is 6.10 Å². The summed E-state index contributed by atoms with van der Waals surface area (Å²) in [6, 6.07) is 2.04. The maximum absolute atomic E-state index is 8.73.